The Hall–Kier alpha value is -3.03. The zero-order valence-electron chi connectivity index (χ0n) is 26.5. The molecule has 0 radical (unpaired) electrons. The number of nitrogens with zero attached hydrogens (tertiary/aromatic N) is 2. The molecule has 0 N–H and O–H groups in total. The molecule has 0 aromatic heterocycles. The van der Waals surface area contributed by atoms with Crippen LogP contribution in [-0.2, 0) is 23.1 Å². The van der Waals surface area contributed by atoms with Gasteiger partial charge in [0.25, 0.3) is 0 Å². The van der Waals surface area contributed by atoms with Gasteiger partial charge in [0.2, 0.25) is 10.0 Å². The van der Waals surface area contributed by atoms with E-state index in [9.17, 15) is 8.42 Å². The van der Waals surface area contributed by atoms with Gasteiger partial charge in [-0.2, -0.15) is 4.31 Å². The molecule has 0 heterocycles. The van der Waals surface area contributed by atoms with E-state index in [1.54, 1.807) is 10.4 Å². The van der Waals surface area contributed by atoms with Crippen LogP contribution in [0.3, 0.4) is 0 Å². The van der Waals surface area contributed by atoms with Crippen LogP contribution in [0.1, 0.15) is 48.9 Å². The largest absolute Gasteiger partial charge is 1.00 e. The van der Waals surface area contributed by atoms with E-state index in [1.807, 2.05) is 48.5 Å². The minimum atomic E-state index is -3.70. The average Bonchev–Trinajstić information content (AvgIpc) is 3.01. The summed E-state index contributed by atoms with van der Waals surface area (Å²) < 4.78 is 31.0. The molecule has 0 unspecified atom stereocenters. The summed E-state index contributed by atoms with van der Waals surface area (Å²) in [4.78, 5) is 0.356. The van der Waals surface area contributed by atoms with Gasteiger partial charge in [0, 0.05) is 18.7 Å². The van der Waals surface area contributed by atoms with Crippen LogP contribution in [0.2, 0.25) is 0 Å². The second-order valence-corrected chi connectivity index (χ2v) is 14.0. The third-order valence-corrected chi connectivity index (χ3v) is 10.8. The quantitative estimate of drug-likeness (QED) is 0.120. The van der Waals surface area contributed by atoms with Crippen molar-refractivity contribution in [3.05, 3.63) is 125 Å². The Morgan fingerprint density at radius 3 is 1.82 bits per heavy atom. The molecule has 0 aliphatic carbocycles. The fourth-order valence-electron chi connectivity index (χ4n) is 6.43. The molecule has 5 aromatic rings. The first-order valence-corrected chi connectivity index (χ1v) is 17.0. The molecule has 0 amide bonds. The Kier molecular flexibility index (Phi) is 11.4. The third kappa shape index (κ3) is 7.97. The van der Waals surface area contributed by atoms with Gasteiger partial charge in [-0.25, -0.2) is 8.42 Å². The highest BCUT2D eigenvalue weighted by Crippen LogP contribution is 2.26. The van der Waals surface area contributed by atoms with E-state index >= 15 is 0 Å². The SMILES string of the molecule is CC[N+](CC)(CCCCN(Cc1ccc2ccccc2c1)S(=O)(=O)c1ccc2ccccc2c1)Cc1cc(C)cc(C)c1.[Br-]. The van der Waals surface area contributed by atoms with Gasteiger partial charge in [-0.05, 0) is 85.8 Å². The summed E-state index contributed by atoms with van der Waals surface area (Å²) in [6.45, 7) is 13.9. The summed E-state index contributed by atoms with van der Waals surface area (Å²) in [5.41, 5.74) is 5.01. The molecule has 232 valence electrons. The number of quaternary nitrogens is 1. The van der Waals surface area contributed by atoms with E-state index in [0.717, 1.165) is 70.6 Å². The molecule has 0 bridgehead atoms. The van der Waals surface area contributed by atoms with Crippen LogP contribution in [0, 0.1) is 13.8 Å². The first-order valence-electron chi connectivity index (χ1n) is 15.6. The maximum absolute atomic E-state index is 14.2. The Morgan fingerprint density at radius 2 is 1.20 bits per heavy atom. The minimum absolute atomic E-state index is 0. The van der Waals surface area contributed by atoms with Gasteiger partial charge in [-0.1, -0.05) is 96.1 Å². The Labute approximate surface area is 274 Å². The highest BCUT2D eigenvalue weighted by atomic mass is 79.9. The summed E-state index contributed by atoms with van der Waals surface area (Å²) in [6.07, 6.45) is 1.78. The molecule has 5 aromatic carbocycles. The molecule has 0 fully saturated rings. The summed E-state index contributed by atoms with van der Waals surface area (Å²) in [7, 11) is -3.70. The molecule has 5 rings (SSSR count). The maximum Gasteiger partial charge on any atom is 0.243 e. The van der Waals surface area contributed by atoms with Crippen molar-refractivity contribution in [3.8, 4) is 0 Å². The van der Waals surface area contributed by atoms with Crippen molar-refractivity contribution in [2.75, 3.05) is 26.2 Å². The van der Waals surface area contributed by atoms with Crippen LogP contribution in [-0.4, -0.2) is 43.4 Å². The summed E-state index contributed by atoms with van der Waals surface area (Å²) in [5.74, 6) is 0. The van der Waals surface area contributed by atoms with Crippen molar-refractivity contribution in [1.29, 1.82) is 0 Å². The lowest BCUT2D eigenvalue weighted by Crippen LogP contribution is -3.00. The van der Waals surface area contributed by atoms with E-state index in [1.165, 1.54) is 16.7 Å². The molecular weight excluding hydrogens is 628 g/mol. The molecule has 4 nitrogen and oxygen atoms in total. The lowest BCUT2D eigenvalue weighted by atomic mass is 10.1. The summed E-state index contributed by atoms with van der Waals surface area (Å²) in [6, 6.07) is 34.8. The zero-order valence-corrected chi connectivity index (χ0v) is 28.9. The topological polar surface area (TPSA) is 37.4 Å². The molecule has 0 atom stereocenters. The van der Waals surface area contributed by atoms with Gasteiger partial charge in [-0.15, -0.1) is 0 Å². The Bertz CT molecular complexity index is 1790. The fourth-order valence-corrected chi connectivity index (χ4v) is 7.93. The van der Waals surface area contributed by atoms with Gasteiger partial charge in [0.15, 0.2) is 0 Å². The van der Waals surface area contributed by atoms with Crippen LogP contribution in [0.4, 0.5) is 0 Å². The van der Waals surface area contributed by atoms with Crippen molar-refractivity contribution in [2.24, 2.45) is 0 Å². The van der Waals surface area contributed by atoms with E-state index in [4.69, 9.17) is 0 Å². The molecule has 0 aliphatic rings. The number of rotatable bonds is 13. The van der Waals surface area contributed by atoms with Crippen LogP contribution >= 0.6 is 0 Å². The monoisotopic (exact) mass is 672 g/mol. The predicted molar refractivity (Wildman–Crippen MR) is 181 cm³/mol. The second kappa shape index (κ2) is 14.8. The minimum Gasteiger partial charge on any atom is -1.00 e. The molecule has 0 saturated carbocycles. The Morgan fingerprint density at radius 1 is 0.636 bits per heavy atom. The van der Waals surface area contributed by atoms with Gasteiger partial charge in [-0.3, -0.25) is 0 Å². The number of halogens is 1. The van der Waals surface area contributed by atoms with Crippen LogP contribution in [0.5, 0.6) is 0 Å². The lowest BCUT2D eigenvalue weighted by molar-refractivity contribution is -0.938. The average molecular weight is 674 g/mol. The van der Waals surface area contributed by atoms with Crippen molar-refractivity contribution in [1.82, 2.24) is 4.31 Å². The molecule has 6 heteroatoms. The van der Waals surface area contributed by atoms with Gasteiger partial charge in [0.05, 0.1) is 24.5 Å². The smallest absolute Gasteiger partial charge is 0.243 e. The van der Waals surface area contributed by atoms with Gasteiger partial charge < -0.3 is 21.5 Å². The number of aryl methyl sites for hydroxylation is 2. The number of unbranched alkanes of at least 4 members (excludes halogenated alkanes) is 1. The van der Waals surface area contributed by atoms with E-state index in [-0.39, 0.29) is 17.0 Å². The molecular formula is C38H45BrN2O2S. The highest BCUT2D eigenvalue weighted by Gasteiger charge is 2.27. The first-order chi connectivity index (χ1) is 20.7. The fraction of sp³-hybridized carbons (Fsp3) is 0.316. The highest BCUT2D eigenvalue weighted by molar-refractivity contribution is 7.89. The number of fused-ring (bicyclic) bond motifs is 2. The van der Waals surface area contributed by atoms with Crippen molar-refractivity contribution >= 4 is 31.6 Å². The van der Waals surface area contributed by atoms with Crippen molar-refractivity contribution in [2.45, 2.75) is 58.5 Å². The molecule has 44 heavy (non-hydrogen) atoms. The number of benzene rings is 5. The number of hydrogen-bond donors (Lipinski definition) is 0. The van der Waals surface area contributed by atoms with Crippen LogP contribution < -0.4 is 17.0 Å². The zero-order chi connectivity index (χ0) is 30.5. The summed E-state index contributed by atoms with van der Waals surface area (Å²) in [5, 5.41) is 4.27. The number of sulfonamides is 1. The van der Waals surface area contributed by atoms with Crippen LogP contribution in [0.15, 0.2) is 108 Å². The predicted octanol–water partition coefficient (Wildman–Crippen LogP) is 5.64. The maximum atomic E-state index is 14.2. The third-order valence-electron chi connectivity index (χ3n) is 8.96. The van der Waals surface area contributed by atoms with Gasteiger partial charge >= 0.3 is 0 Å². The standard InChI is InChI=1S/C38H45N2O2S.BrH/c1-5-40(6-2,29-33-24-30(3)23-31(4)25-33)22-12-11-21-39(28-32-17-18-34-13-7-9-15-36(34)26-32)43(41,42)38-20-19-35-14-8-10-16-37(35)27-38;/h7-10,13-20,23-27H,5-6,11-12,21-22,28-29H2,1-4H3;1H/q+1;/p-1. The van der Waals surface area contributed by atoms with E-state index < -0.39 is 10.0 Å². The normalized spacial score (nSPS) is 12.1. The van der Waals surface area contributed by atoms with E-state index in [0.29, 0.717) is 18.0 Å². The van der Waals surface area contributed by atoms with Crippen molar-refractivity contribution < 1.29 is 29.9 Å². The lowest BCUT2D eigenvalue weighted by Gasteiger charge is -2.37. The molecule has 0 aliphatic heterocycles. The molecule has 0 saturated heterocycles. The Balaban J connectivity index is 0.00000442. The first kappa shape index (κ1) is 33.9. The number of hydrogen-bond acceptors (Lipinski definition) is 2. The van der Waals surface area contributed by atoms with Gasteiger partial charge in [0.1, 0.15) is 6.54 Å². The molecule has 0 spiro atoms. The summed E-state index contributed by atoms with van der Waals surface area (Å²) >= 11 is 0. The van der Waals surface area contributed by atoms with Crippen LogP contribution in [0.25, 0.3) is 21.5 Å². The second-order valence-electron chi connectivity index (χ2n) is 12.1. The van der Waals surface area contributed by atoms with E-state index in [2.05, 4.69) is 76.2 Å². The van der Waals surface area contributed by atoms with Crippen molar-refractivity contribution in [3.63, 3.8) is 0 Å².